The molecule has 2 amide bonds. The van der Waals surface area contributed by atoms with E-state index in [1.807, 2.05) is 0 Å². The fourth-order valence-corrected chi connectivity index (χ4v) is 3.06. The van der Waals surface area contributed by atoms with E-state index in [4.69, 9.17) is 5.11 Å². The van der Waals surface area contributed by atoms with E-state index in [0.29, 0.717) is 25.8 Å². The summed E-state index contributed by atoms with van der Waals surface area (Å²) in [4.78, 5) is 36.5. The van der Waals surface area contributed by atoms with Crippen molar-refractivity contribution in [1.82, 2.24) is 10.2 Å². The standard InChI is InChI=1S/C14H22N2O4/c17-12(9-16-8-3-1-2-7-13(16)18)15-11-6-4-5-10(11)14(19)20/h10-11H,1-9H2,(H,15,17)(H,19,20)/t10-,11+/m1/s1. The average Bonchev–Trinajstić information content (AvgIpc) is 2.75. The number of rotatable bonds is 4. The van der Waals surface area contributed by atoms with E-state index in [-0.39, 0.29) is 24.4 Å². The van der Waals surface area contributed by atoms with E-state index in [9.17, 15) is 14.4 Å². The molecule has 0 bridgehead atoms. The van der Waals surface area contributed by atoms with Crippen molar-refractivity contribution in [2.24, 2.45) is 5.92 Å². The van der Waals surface area contributed by atoms with Crippen LogP contribution in [0.3, 0.4) is 0 Å². The highest BCUT2D eigenvalue weighted by Crippen LogP contribution is 2.25. The van der Waals surface area contributed by atoms with Crippen molar-refractivity contribution in [3.63, 3.8) is 0 Å². The summed E-state index contributed by atoms with van der Waals surface area (Å²) in [5.74, 6) is -1.55. The third-order valence-corrected chi connectivity index (χ3v) is 4.19. The van der Waals surface area contributed by atoms with Crippen molar-refractivity contribution in [3.05, 3.63) is 0 Å². The van der Waals surface area contributed by atoms with Crippen LogP contribution in [0.15, 0.2) is 0 Å². The second-order valence-corrected chi connectivity index (χ2v) is 5.68. The zero-order valence-corrected chi connectivity index (χ0v) is 11.6. The van der Waals surface area contributed by atoms with Crippen molar-refractivity contribution in [3.8, 4) is 0 Å². The number of aliphatic carboxylic acids is 1. The van der Waals surface area contributed by atoms with Gasteiger partial charge in [0.25, 0.3) is 0 Å². The van der Waals surface area contributed by atoms with Crippen LogP contribution in [0.25, 0.3) is 0 Å². The zero-order valence-electron chi connectivity index (χ0n) is 11.6. The number of amides is 2. The molecule has 0 aromatic heterocycles. The molecule has 1 aliphatic heterocycles. The molecule has 1 saturated heterocycles. The molecule has 6 nitrogen and oxygen atoms in total. The van der Waals surface area contributed by atoms with Crippen LogP contribution < -0.4 is 5.32 Å². The Kier molecular flexibility index (Phi) is 4.98. The maximum absolute atomic E-state index is 12.0. The molecule has 0 aromatic carbocycles. The number of carboxylic acids is 1. The predicted molar refractivity (Wildman–Crippen MR) is 72.0 cm³/mol. The predicted octanol–water partition coefficient (Wildman–Crippen LogP) is 0.758. The number of nitrogens with zero attached hydrogens (tertiary/aromatic N) is 1. The summed E-state index contributed by atoms with van der Waals surface area (Å²) in [6.07, 6.45) is 5.49. The van der Waals surface area contributed by atoms with Crippen molar-refractivity contribution < 1.29 is 19.5 Å². The number of likely N-dealkylation sites (tertiary alicyclic amines) is 1. The fourth-order valence-electron chi connectivity index (χ4n) is 3.06. The van der Waals surface area contributed by atoms with Crippen molar-refractivity contribution in [1.29, 1.82) is 0 Å². The number of hydrogen-bond acceptors (Lipinski definition) is 3. The normalized spacial score (nSPS) is 27.2. The van der Waals surface area contributed by atoms with E-state index < -0.39 is 11.9 Å². The van der Waals surface area contributed by atoms with E-state index >= 15 is 0 Å². The molecule has 0 radical (unpaired) electrons. The van der Waals surface area contributed by atoms with Crippen LogP contribution in [-0.4, -0.2) is 46.9 Å². The Hall–Kier alpha value is -1.59. The molecule has 6 heteroatoms. The molecular weight excluding hydrogens is 260 g/mol. The van der Waals surface area contributed by atoms with Gasteiger partial charge in [0.15, 0.2) is 0 Å². The summed E-state index contributed by atoms with van der Waals surface area (Å²) >= 11 is 0. The van der Waals surface area contributed by atoms with Crippen LogP contribution in [0.5, 0.6) is 0 Å². The monoisotopic (exact) mass is 282 g/mol. The maximum Gasteiger partial charge on any atom is 0.308 e. The van der Waals surface area contributed by atoms with Crippen LogP contribution in [0, 0.1) is 5.92 Å². The highest BCUT2D eigenvalue weighted by Gasteiger charge is 2.34. The molecule has 0 aromatic rings. The first-order chi connectivity index (χ1) is 9.58. The van der Waals surface area contributed by atoms with Crippen LogP contribution in [0.2, 0.25) is 0 Å². The second kappa shape index (κ2) is 6.72. The third-order valence-electron chi connectivity index (χ3n) is 4.19. The second-order valence-electron chi connectivity index (χ2n) is 5.68. The lowest BCUT2D eigenvalue weighted by Crippen LogP contribution is -2.46. The van der Waals surface area contributed by atoms with Gasteiger partial charge in [-0.3, -0.25) is 14.4 Å². The Morgan fingerprint density at radius 3 is 2.75 bits per heavy atom. The first-order valence-electron chi connectivity index (χ1n) is 7.38. The summed E-state index contributed by atoms with van der Waals surface area (Å²) in [6, 6.07) is -0.290. The zero-order chi connectivity index (χ0) is 14.5. The summed E-state index contributed by atoms with van der Waals surface area (Å²) in [6.45, 7) is 0.681. The minimum absolute atomic E-state index is 0.0267. The Labute approximate surface area is 118 Å². The van der Waals surface area contributed by atoms with Gasteiger partial charge in [-0.1, -0.05) is 12.8 Å². The molecule has 1 heterocycles. The van der Waals surface area contributed by atoms with Gasteiger partial charge >= 0.3 is 5.97 Å². The summed E-state index contributed by atoms with van der Waals surface area (Å²) in [5, 5.41) is 11.9. The topological polar surface area (TPSA) is 86.7 Å². The summed E-state index contributed by atoms with van der Waals surface area (Å²) in [7, 11) is 0. The molecule has 2 atom stereocenters. The van der Waals surface area contributed by atoms with Gasteiger partial charge in [0.2, 0.25) is 11.8 Å². The first kappa shape index (κ1) is 14.8. The smallest absolute Gasteiger partial charge is 0.308 e. The van der Waals surface area contributed by atoms with Crippen molar-refractivity contribution in [2.75, 3.05) is 13.1 Å². The number of carbonyl (C=O) groups is 3. The number of carbonyl (C=O) groups excluding carboxylic acids is 2. The van der Waals surface area contributed by atoms with Gasteiger partial charge in [0.1, 0.15) is 0 Å². The Morgan fingerprint density at radius 2 is 2.00 bits per heavy atom. The van der Waals surface area contributed by atoms with Gasteiger partial charge in [0, 0.05) is 19.0 Å². The van der Waals surface area contributed by atoms with Gasteiger partial charge < -0.3 is 15.3 Å². The Balaban J connectivity index is 1.85. The van der Waals surface area contributed by atoms with Gasteiger partial charge in [-0.05, 0) is 25.7 Å². The first-order valence-corrected chi connectivity index (χ1v) is 7.38. The molecule has 1 aliphatic carbocycles. The van der Waals surface area contributed by atoms with E-state index in [1.54, 1.807) is 4.90 Å². The highest BCUT2D eigenvalue weighted by atomic mass is 16.4. The summed E-state index contributed by atoms with van der Waals surface area (Å²) in [5.41, 5.74) is 0. The van der Waals surface area contributed by atoms with Crippen LogP contribution in [0.1, 0.15) is 44.9 Å². The van der Waals surface area contributed by atoms with E-state index in [1.165, 1.54) is 0 Å². The molecule has 2 aliphatic rings. The van der Waals surface area contributed by atoms with E-state index in [2.05, 4.69) is 5.32 Å². The minimum atomic E-state index is -0.848. The minimum Gasteiger partial charge on any atom is -0.481 e. The molecule has 0 spiro atoms. The third kappa shape index (κ3) is 3.71. The largest absolute Gasteiger partial charge is 0.481 e. The van der Waals surface area contributed by atoms with Gasteiger partial charge in [0.05, 0.1) is 12.5 Å². The van der Waals surface area contributed by atoms with Gasteiger partial charge in [-0.15, -0.1) is 0 Å². The van der Waals surface area contributed by atoms with Crippen LogP contribution in [-0.2, 0) is 14.4 Å². The lowest BCUT2D eigenvalue weighted by atomic mass is 10.0. The van der Waals surface area contributed by atoms with Crippen molar-refractivity contribution in [2.45, 2.75) is 51.0 Å². The molecule has 2 fully saturated rings. The van der Waals surface area contributed by atoms with Crippen molar-refractivity contribution >= 4 is 17.8 Å². The Bertz CT molecular complexity index is 397. The molecule has 2 rings (SSSR count). The number of hydrogen-bond donors (Lipinski definition) is 2. The molecular formula is C14H22N2O4. The molecule has 20 heavy (non-hydrogen) atoms. The highest BCUT2D eigenvalue weighted by molar-refractivity contribution is 5.85. The molecule has 2 N–H and O–H groups in total. The quantitative estimate of drug-likeness (QED) is 0.797. The SMILES string of the molecule is O=C(CN1CCCCCC1=O)N[C@H]1CCC[C@H]1C(=O)O. The molecule has 0 unspecified atom stereocenters. The molecule has 1 saturated carbocycles. The fraction of sp³-hybridized carbons (Fsp3) is 0.786. The average molecular weight is 282 g/mol. The van der Waals surface area contributed by atoms with Gasteiger partial charge in [-0.25, -0.2) is 0 Å². The lowest BCUT2D eigenvalue weighted by Gasteiger charge is -2.23. The van der Waals surface area contributed by atoms with Crippen LogP contribution >= 0.6 is 0 Å². The molecule has 112 valence electrons. The summed E-state index contributed by atoms with van der Waals surface area (Å²) < 4.78 is 0. The Morgan fingerprint density at radius 1 is 1.20 bits per heavy atom. The number of nitrogens with one attached hydrogen (secondary N) is 1. The maximum atomic E-state index is 12.0. The number of carboxylic acid groups (broad SMARTS) is 1. The van der Waals surface area contributed by atoms with Crippen LogP contribution in [0.4, 0.5) is 0 Å². The lowest BCUT2D eigenvalue weighted by molar-refractivity contribution is -0.143. The van der Waals surface area contributed by atoms with E-state index in [0.717, 1.165) is 25.7 Å². The van der Waals surface area contributed by atoms with Gasteiger partial charge in [-0.2, -0.15) is 0 Å².